The van der Waals surface area contributed by atoms with Crippen molar-refractivity contribution in [3.63, 3.8) is 0 Å². The summed E-state index contributed by atoms with van der Waals surface area (Å²) in [6.07, 6.45) is 0.725. The van der Waals surface area contributed by atoms with E-state index in [9.17, 15) is 14.4 Å². The minimum absolute atomic E-state index is 0.0466. The summed E-state index contributed by atoms with van der Waals surface area (Å²) in [5, 5.41) is 4.61. The van der Waals surface area contributed by atoms with Crippen LogP contribution in [0.5, 0.6) is 5.75 Å². The van der Waals surface area contributed by atoms with Gasteiger partial charge in [-0.05, 0) is 43.9 Å². The van der Waals surface area contributed by atoms with Crippen LogP contribution in [0.15, 0.2) is 29.6 Å². The average molecular weight is 417 g/mol. The van der Waals surface area contributed by atoms with Crippen LogP contribution in [0.3, 0.4) is 0 Å². The molecule has 1 saturated carbocycles. The molecule has 1 aliphatic carbocycles. The zero-order chi connectivity index (χ0) is 21.0. The number of amides is 1. The van der Waals surface area contributed by atoms with Gasteiger partial charge in [0, 0.05) is 11.3 Å². The van der Waals surface area contributed by atoms with E-state index >= 15 is 0 Å². The number of thiophene rings is 1. The summed E-state index contributed by atoms with van der Waals surface area (Å²) in [6.45, 7) is 3.70. The van der Waals surface area contributed by atoms with Crippen LogP contribution in [-0.4, -0.2) is 38.2 Å². The number of hydrogen-bond donors (Lipinski definition) is 1. The SMILES string of the molecule is CCOC(=O)c1csc(NC(=O)C2CC2c2ccc(OC)cc2)c1C(=O)OCC. The number of benzene rings is 1. The Hall–Kier alpha value is -2.87. The van der Waals surface area contributed by atoms with E-state index in [0.717, 1.165) is 29.1 Å². The summed E-state index contributed by atoms with van der Waals surface area (Å²) >= 11 is 1.11. The number of esters is 2. The number of anilines is 1. The monoisotopic (exact) mass is 417 g/mol. The predicted octanol–water partition coefficient (Wildman–Crippen LogP) is 3.85. The summed E-state index contributed by atoms with van der Waals surface area (Å²) in [6, 6.07) is 7.63. The lowest BCUT2D eigenvalue weighted by molar-refractivity contribution is -0.117. The molecule has 1 heterocycles. The minimum atomic E-state index is -0.658. The molecule has 29 heavy (non-hydrogen) atoms. The molecule has 1 aromatic heterocycles. The highest BCUT2D eigenvalue weighted by Gasteiger charge is 2.44. The van der Waals surface area contributed by atoms with Crippen LogP contribution in [0.4, 0.5) is 5.00 Å². The number of rotatable bonds is 8. The Labute approximate surface area is 173 Å². The van der Waals surface area contributed by atoms with Gasteiger partial charge in [-0.3, -0.25) is 4.79 Å². The molecule has 2 atom stereocenters. The lowest BCUT2D eigenvalue weighted by Gasteiger charge is -2.08. The Bertz CT molecular complexity index is 904. The molecule has 2 unspecified atom stereocenters. The van der Waals surface area contributed by atoms with Crippen molar-refractivity contribution < 1.29 is 28.6 Å². The number of carbonyl (C=O) groups is 3. The highest BCUT2D eigenvalue weighted by molar-refractivity contribution is 7.15. The van der Waals surface area contributed by atoms with Gasteiger partial charge >= 0.3 is 11.9 Å². The fraction of sp³-hybridized carbons (Fsp3) is 0.381. The third-order valence-electron chi connectivity index (χ3n) is 4.67. The van der Waals surface area contributed by atoms with Crippen molar-refractivity contribution in [1.82, 2.24) is 0 Å². The van der Waals surface area contributed by atoms with Crippen LogP contribution >= 0.6 is 11.3 Å². The van der Waals surface area contributed by atoms with E-state index in [1.54, 1.807) is 21.0 Å². The van der Waals surface area contributed by atoms with E-state index in [2.05, 4.69) is 5.32 Å². The van der Waals surface area contributed by atoms with E-state index in [1.165, 1.54) is 5.38 Å². The molecule has 1 aliphatic rings. The highest BCUT2D eigenvalue weighted by atomic mass is 32.1. The first-order valence-corrected chi connectivity index (χ1v) is 10.3. The molecule has 2 aromatic rings. The Balaban J connectivity index is 1.74. The molecule has 0 saturated heterocycles. The second-order valence-corrected chi connectivity index (χ2v) is 7.39. The highest BCUT2D eigenvalue weighted by Crippen LogP contribution is 2.48. The summed E-state index contributed by atoms with van der Waals surface area (Å²) in [5.74, 6) is -0.763. The maximum absolute atomic E-state index is 12.7. The molecule has 1 fully saturated rings. The van der Waals surface area contributed by atoms with E-state index in [-0.39, 0.29) is 42.1 Å². The minimum Gasteiger partial charge on any atom is -0.497 e. The largest absolute Gasteiger partial charge is 0.497 e. The number of carbonyl (C=O) groups excluding carboxylic acids is 3. The smallest absolute Gasteiger partial charge is 0.342 e. The summed E-state index contributed by atoms with van der Waals surface area (Å²) < 4.78 is 15.2. The van der Waals surface area contributed by atoms with Gasteiger partial charge in [0.05, 0.1) is 25.9 Å². The fourth-order valence-corrected chi connectivity index (χ4v) is 4.04. The second kappa shape index (κ2) is 9.09. The third-order valence-corrected chi connectivity index (χ3v) is 5.57. The average Bonchev–Trinajstić information content (AvgIpc) is 3.41. The van der Waals surface area contributed by atoms with Crippen molar-refractivity contribution in [2.24, 2.45) is 5.92 Å². The summed E-state index contributed by atoms with van der Waals surface area (Å²) in [4.78, 5) is 37.3. The molecule has 1 amide bonds. The number of hydrogen-bond acceptors (Lipinski definition) is 7. The Morgan fingerprint density at radius 2 is 1.72 bits per heavy atom. The molecule has 0 spiro atoms. The first-order chi connectivity index (χ1) is 14.0. The number of ether oxygens (including phenoxy) is 3. The van der Waals surface area contributed by atoms with Gasteiger partial charge in [-0.15, -0.1) is 11.3 Å². The van der Waals surface area contributed by atoms with E-state index < -0.39 is 11.9 Å². The fourth-order valence-electron chi connectivity index (χ4n) is 3.12. The Kier molecular flexibility index (Phi) is 6.53. The van der Waals surface area contributed by atoms with Crippen LogP contribution in [0, 0.1) is 5.92 Å². The molecule has 0 bridgehead atoms. The molecular weight excluding hydrogens is 394 g/mol. The van der Waals surface area contributed by atoms with Crippen LogP contribution < -0.4 is 10.1 Å². The zero-order valence-electron chi connectivity index (χ0n) is 16.5. The molecular formula is C21H23NO6S. The normalized spacial score (nSPS) is 17.3. The molecule has 154 valence electrons. The number of methoxy groups -OCH3 is 1. The molecule has 7 nitrogen and oxygen atoms in total. The lowest BCUT2D eigenvalue weighted by Crippen LogP contribution is -2.18. The van der Waals surface area contributed by atoms with Gasteiger partial charge in [0.25, 0.3) is 0 Å². The maximum Gasteiger partial charge on any atom is 0.342 e. The quantitative estimate of drug-likeness (QED) is 0.656. The van der Waals surface area contributed by atoms with Crippen molar-refractivity contribution >= 4 is 34.2 Å². The first-order valence-electron chi connectivity index (χ1n) is 9.40. The molecule has 0 aliphatic heterocycles. The summed E-state index contributed by atoms with van der Waals surface area (Å²) in [5.41, 5.74) is 1.22. The maximum atomic E-state index is 12.7. The van der Waals surface area contributed by atoms with Crippen molar-refractivity contribution in [3.8, 4) is 5.75 Å². The predicted molar refractivity (Wildman–Crippen MR) is 109 cm³/mol. The first kappa shape index (κ1) is 20.9. The van der Waals surface area contributed by atoms with Crippen LogP contribution in [0.2, 0.25) is 0 Å². The number of nitrogens with one attached hydrogen (secondary N) is 1. The van der Waals surface area contributed by atoms with Crippen molar-refractivity contribution in [2.45, 2.75) is 26.2 Å². The van der Waals surface area contributed by atoms with Gasteiger partial charge in [-0.2, -0.15) is 0 Å². The molecule has 3 rings (SSSR count). The topological polar surface area (TPSA) is 90.9 Å². The van der Waals surface area contributed by atoms with Gasteiger partial charge in [0.1, 0.15) is 16.3 Å². The second-order valence-electron chi connectivity index (χ2n) is 6.51. The molecule has 8 heteroatoms. The van der Waals surface area contributed by atoms with Crippen LogP contribution in [0.25, 0.3) is 0 Å². The standard InChI is InChI=1S/C21H23NO6S/c1-4-27-20(24)16-11-29-19(17(16)21(25)28-5-2)22-18(23)15-10-14(15)12-6-8-13(26-3)9-7-12/h6-9,11,14-15H,4-5,10H2,1-3H3,(H,22,23). The van der Waals surface area contributed by atoms with Crippen molar-refractivity contribution in [1.29, 1.82) is 0 Å². The zero-order valence-corrected chi connectivity index (χ0v) is 17.3. The van der Waals surface area contributed by atoms with Gasteiger partial charge in [0.15, 0.2) is 0 Å². The van der Waals surface area contributed by atoms with E-state index in [0.29, 0.717) is 5.00 Å². The molecule has 1 N–H and O–H groups in total. The van der Waals surface area contributed by atoms with Gasteiger partial charge < -0.3 is 19.5 Å². The van der Waals surface area contributed by atoms with Crippen molar-refractivity contribution in [3.05, 3.63) is 46.3 Å². The van der Waals surface area contributed by atoms with Crippen LogP contribution in [0.1, 0.15) is 52.5 Å². The molecule has 0 radical (unpaired) electrons. The van der Waals surface area contributed by atoms with E-state index in [1.807, 2.05) is 24.3 Å². The Morgan fingerprint density at radius 3 is 2.34 bits per heavy atom. The summed E-state index contributed by atoms with van der Waals surface area (Å²) in [7, 11) is 1.61. The Morgan fingerprint density at radius 1 is 1.07 bits per heavy atom. The van der Waals surface area contributed by atoms with Gasteiger partial charge in [0.2, 0.25) is 5.91 Å². The van der Waals surface area contributed by atoms with Crippen LogP contribution in [-0.2, 0) is 14.3 Å². The van der Waals surface area contributed by atoms with Gasteiger partial charge in [-0.1, -0.05) is 12.1 Å². The molecule has 1 aromatic carbocycles. The lowest BCUT2D eigenvalue weighted by atomic mass is 10.1. The third kappa shape index (κ3) is 4.59. The van der Waals surface area contributed by atoms with Crippen molar-refractivity contribution in [2.75, 3.05) is 25.6 Å². The van der Waals surface area contributed by atoms with E-state index in [4.69, 9.17) is 14.2 Å². The van der Waals surface area contributed by atoms with Gasteiger partial charge in [-0.25, -0.2) is 9.59 Å².